The number of rotatable bonds is 3. The maximum absolute atomic E-state index is 13.0. The number of epoxide rings is 1. The SMILES string of the molecule is COc1ccc(C2CC3C(Br)=CC2(Br)C(=O)[C@]32CO2)cc1OC. The smallest absolute Gasteiger partial charge is 0.188 e. The van der Waals surface area contributed by atoms with E-state index < -0.39 is 9.93 Å². The molecule has 2 fully saturated rings. The number of Topliss-reactive ketones (excluding diaryl/α,β-unsaturated/α-hetero) is 1. The number of carbonyl (C=O) groups is 1. The van der Waals surface area contributed by atoms with Gasteiger partial charge in [-0.2, -0.15) is 0 Å². The van der Waals surface area contributed by atoms with Crippen molar-refractivity contribution in [2.45, 2.75) is 22.3 Å². The third-order valence-electron chi connectivity index (χ3n) is 5.22. The number of methoxy groups -OCH3 is 2. The van der Waals surface area contributed by atoms with Gasteiger partial charge in [0.15, 0.2) is 22.9 Å². The Balaban J connectivity index is 1.79. The lowest BCUT2D eigenvalue weighted by atomic mass is 9.61. The molecule has 122 valence electrons. The summed E-state index contributed by atoms with van der Waals surface area (Å²) in [6, 6.07) is 5.85. The summed E-state index contributed by atoms with van der Waals surface area (Å²) in [6.45, 7) is 0.519. The zero-order valence-corrected chi connectivity index (χ0v) is 15.9. The highest BCUT2D eigenvalue weighted by Gasteiger charge is 2.71. The van der Waals surface area contributed by atoms with Crippen LogP contribution in [0.1, 0.15) is 17.9 Å². The van der Waals surface area contributed by atoms with Crippen molar-refractivity contribution in [3.63, 3.8) is 0 Å². The molecule has 0 amide bonds. The molecule has 1 saturated carbocycles. The van der Waals surface area contributed by atoms with E-state index in [-0.39, 0.29) is 17.6 Å². The van der Waals surface area contributed by atoms with Crippen LogP contribution in [0.5, 0.6) is 11.5 Å². The molecule has 3 unspecified atom stereocenters. The number of hydrogen-bond donors (Lipinski definition) is 0. The molecule has 4 nitrogen and oxygen atoms in total. The van der Waals surface area contributed by atoms with E-state index >= 15 is 0 Å². The maximum atomic E-state index is 13.0. The summed E-state index contributed by atoms with van der Waals surface area (Å²) < 4.78 is 16.6. The van der Waals surface area contributed by atoms with Crippen molar-refractivity contribution < 1.29 is 19.0 Å². The molecule has 5 rings (SSSR count). The first-order valence-electron chi connectivity index (χ1n) is 7.44. The lowest BCUT2D eigenvalue weighted by Gasteiger charge is -2.48. The molecule has 1 aromatic rings. The quantitative estimate of drug-likeness (QED) is 0.529. The van der Waals surface area contributed by atoms with Crippen molar-refractivity contribution >= 4 is 37.6 Å². The van der Waals surface area contributed by atoms with Crippen molar-refractivity contribution in [3.05, 3.63) is 34.3 Å². The monoisotopic (exact) mass is 442 g/mol. The van der Waals surface area contributed by atoms with Crippen molar-refractivity contribution in [1.82, 2.24) is 0 Å². The summed E-state index contributed by atoms with van der Waals surface area (Å²) >= 11 is 7.36. The minimum absolute atomic E-state index is 0.0379. The Labute approximate surface area is 151 Å². The van der Waals surface area contributed by atoms with E-state index in [0.29, 0.717) is 18.1 Å². The Morgan fingerprint density at radius 1 is 1.22 bits per heavy atom. The van der Waals surface area contributed by atoms with Gasteiger partial charge < -0.3 is 14.2 Å². The van der Waals surface area contributed by atoms with Gasteiger partial charge in [-0.1, -0.05) is 37.9 Å². The highest BCUT2D eigenvalue weighted by molar-refractivity contribution is 9.12. The van der Waals surface area contributed by atoms with Crippen LogP contribution in [0, 0.1) is 5.92 Å². The van der Waals surface area contributed by atoms with Crippen LogP contribution in [0.25, 0.3) is 0 Å². The highest BCUT2D eigenvalue weighted by atomic mass is 79.9. The van der Waals surface area contributed by atoms with Gasteiger partial charge in [0.1, 0.15) is 4.32 Å². The first-order chi connectivity index (χ1) is 11.0. The van der Waals surface area contributed by atoms with Crippen LogP contribution in [-0.2, 0) is 9.53 Å². The molecule has 1 spiro atoms. The summed E-state index contributed by atoms with van der Waals surface area (Å²) in [5.41, 5.74) is 0.439. The number of allylic oxidation sites excluding steroid dienone is 1. The molecule has 4 atom stereocenters. The first-order valence-corrected chi connectivity index (χ1v) is 9.03. The lowest BCUT2D eigenvalue weighted by molar-refractivity contribution is -0.130. The van der Waals surface area contributed by atoms with E-state index in [1.807, 2.05) is 24.3 Å². The van der Waals surface area contributed by atoms with Gasteiger partial charge in [0, 0.05) is 11.8 Å². The normalized spacial score (nSPS) is 37.7. The van der Waals surface area contributed by atoms with E-state index in [4.69, 9.17) is 14.2 Å². The van der Waals surface area contributed by atoms with Crippen LogP contribution in [0.3, 0.4) is 0 Å². The molecule has 1 aliphatic heterocycles. The van der Waals surface area contributed by atoms with Crippen LogP contribution in [-0.4, -0.2) is 36.5 Å². The van der Waals surface area contributed by atoms with Crippen LogP contribution >= 0.6 is 31.9 Å². The van der Waals surface area contributed by atoms with Gasteiger partial charge in [-0.05, 0) is 34.7 Å². The van der Waals surface area contributed by atoms with Gasteiger partial charge in [0.25, 0.3) is 0 Å². The van der Waals surface area contributed by atoms with Gasteiger partial charge in [-0.25, -0.2) is 0 Å². The van der Waals surface area contributed by atoms with E-state index in [9.17, 15) is 4.79 Å². The average Bonchev–Trinajstić information content (AvgIpc) is 3.33. The third kappa shape index (κ3) is 2.01. The second-order valence-electron chi connectivity index (χ2n) is 6.26. The molecular formula is C17H16Br2O4. The summed E-state index contributed by atoms with van der Waals surface area (Å²) in [7, 11) is 3.23. The third-order valence-corrected chi connectivity index (χ3v) is 7.14. The maximum Gasteiger partial charge on any atom is 0.188 e. The molecule has 0 aromatic heterocycles. The molecular weight excluding hydrogens is 428 g/mol. The zero-order chi connectivity index (χ0) is 16.4. The fraction of sp³-hybridized carbons (Fsp3) is 0.471. The largest absolute Gasteiger partial charge is 0.493 e. The van der Waals surface area contributed by atoms with E-state index in [0.717, 1.165) is 16.5 Å². The van der Waals surface area contributed by atoms with Gasteiger partial charge in [0.2, 0.25) is 0 Å². The van der Waals surface area contributed by atoms with Crippen LogP contribution in [0.2, 0.25) is 0 Å². The number of alkyl halides is 1. The number of benzene rings is 1. The van der Waals surface area contributed by atoms with Crippen molar-refractivity contribution in [1.29, 1.82) is 0 Å². The molecule has 6 heteroatoms. The summed E-state index contributed by atoms with van der Waals surface area (Å²) in [5, 5.41) is 0. The second kappa shape index (κ2) is 5.07. The number of hydrogen-bond acceptors (Lipinski definition) is 4. The van der Waals surface area contributed by atoms with Crippen molar-refractivity contribution in [3.8, 4) is 11.5 Å². The predicted molar refractivity (Wildman–Crippen MR) is 92.8 cm³/mol. The minimum Gasteiger partial charge on any atom is -0.493 e. The summed E-state index contributed by atoms with van der Waals surface area (Å²) in [6.07, 6.45) is 2.85. The molecule has 23 heavy (non-hydrogen) atoms. The molecule has 1 saturated heterocycles. The van der Waals surface area contributed by atoms with E-state index in [1.165, 1.54) is 0 Å². The van der Waals surface area contributed by atoms with Crippen molar-refractivity contribution in [2.75, 3.05) is 20.8 Å². The van der Waals surface area contributed by atoms with Crippen LogP contribution in [0.4, 0.5) is 0 Å². The number of ether oxygens (including phenoxy) is 3. The topological polar surface area (TPSA) is 48.1 Å². The molecule has 3 aliphatic carbocycles. The number of carbonyl (C=O) groups excluding carboxylic acids is 1. The van der Waals surface area contributed by atoms with Gasteiger partial charge in [-0.3, -0.25) is 4.79 Å². The van der Waals surface area contributed by atoms with Crippen LogP contribution in [0.15, 0.2) is 28.8 Å². The highest BCUT2D eigenvalue weighted by Crippen LogP contribution is 2.63. The van der Waals surface area contributed by atoms with Gasteiger partial charge in [-0.15, -0.1) is 0 Å². The number of halogens is 2. The van der Waals surface area contributed by atoms with Gasteiger partial charge >= 0.3 is 0 Å². The standard InChI is InChI=1S/C17H16Br2O4/c1-21-13-4-3-9(5-14(13)22-2)10-6-11-12(18)7-16(10,19)15(20)17(11)8-23-17/h3-5,7,10-11H,6,8H2,1-2H3/t10?,11?,16?,17-/m0/s1. The zero-order valence-electron chi connectivity index (χ0n) is 12.8. The Morgan fingerprint density at radius 2 is 1.91 bits per heavy atom. The Kier molecular flexibility index (Phi) is 3.45. The number of fused-ring (bicyclic) bond motifs is 1. The van der Waals surface area contributed by atoms with Gasteiger partial charge in [0.05, 0.1) is 20.8 Å². The average molecular weight is 444 g/mol. The molecule has 2 bridgehead atoms. The minimum atomic E-state index is -0.739. The predicted octanol–water partition coefficient (Wildman–Crippen LogP) is 3.57. The molecule has 0 radical (unpaired) electrons. The Bertz CT molecular complexity index is 725. The van der Waals surface area contributed by atoms with Crippen LogP contribution < -0.4 is 9.47 Å². The number of ketones is 1. The van der Waals surface area contributed by atoms with E-state index in [1.54, 1.807) is 14.2 Å². The first kappa shape index (κ1) is 15.7. The van der Waals surface area contributed by atoms with Crippen molar-refractivity contribution in [2.24, 2.45) is 5.92 Å². The molecule has 4 aliphatic rings. The Hall–Kier alpha value is -0.850. The fourth-order valence-electron chi connectivity index (χ4n) is 3.90. The summed E-state index contributed by atoms with van der Waals surface area (Å²) in [5.74, 6) is 1.62. The molecule has 1 aromatic carbocycles. The summed E-state index contributed by atoms with van der Waals surface area (Å²) in [4.78, 5) is 13.0. The Morgan fingerprint density at radius 3 is 2.52 bits per heavy atom. The lowest BCUT2D eigenvalue weighted by Crippen LogP contribution is -2.57. The fourth-order valence-corrected chi connectivity index (χ4v) is 6.16. The molecule has 1 heterocycles. The van der Waals surface area contributed by atoms with E-state index in [2.05, 4.69) is 31.9 Å². The second-order valence-corrected chi connectivity index (χ2v) is 8.49. The molecule has 0 N–H and O–H groups in total.